The Kier molecular flexibility index (Phi) is 5.49. The molecular formula is C14H21NO3. The van der Waals surface area contributed by atoms with E-state index in [1.807, 2.05) is 0 Å². The van der Waals surface area contributed by atoms with Crippen molar-refractivity contribution in [1.82, 2.24) is 5.32 Å². The van der Waals surface area contributed by atoms with Crippen molar-refractivity contribution in [2.45, 2.75) is 33.3 Å². The lowest BCUT2D eigenvalue weighted by molar-refractivity contribution is -0.127. The zero-order chi connectivity index (χ0) is 13.5. The summed E-state index contributed by atoms with van der Waals surface area (Å²) in [5.41, 5.74) is 0. The molecule has 1 amide bonds. The van der Waals surface area contributed by atoms with Gasteiger partial charge in [-0.05, 0) is 31.4 Å². The van der Waals surface area contributed by atoms with Gasteiger partial charge in [-0.25, -0.2) is 0 Å². The van der Waals surface area contributed by atoms with Gasteiger partial charge < -0.3 is 15.2 Å². The van der Waals surface area contributed by atoms with Crippen molar-refractivity contribution in [3.63, 3.8) is 0 Å². The van der Waals surface area contributed by atoms with E-state index < -0.39 is 6.10 Å². The maximum Gasteiger partial charge on any atom is 0.260 e. The molecule has 1 unspecified atom stereocenters. The highest BCUT2D eigenvalue weighted by Gasteiger charge is 2.14. The van der Waals surface area contributed by atoms with Crippen molar-refractivity contribution >= 4 is 5.91 Å². The fraction of sp³-hybridized carbons (Fsp3) is 0.500. The molecule has 1 aromatic carbocycles. The Labute approximate surface area is 108 Å². The lowest BCUT2D eigenvalue weighted by Crippen LogP contribution is -2.37. The van der Waals surface area contributed by atoms with Crippen LogP contribution < -0.4 is 10.1 Å². The summed E-state index contributed by atoms with van der Waals surface area (Å²) in [5.74, 6) is 1.04. The number of hydrogen-bond donors (Lipinski definition) is 2. The van der Waals surface area contributed by atoms with Crippen molar-refractivity contribution in [2.75, 3.05) is 6.54 Å². The van der Waals surface area contributed by atoms with E-state index in [0.717, 1.165) is 6.42 Å². The van der Waals surface area contributed by atoms with Gasteiger partial charge in [0, 0.05) is 12.6 Å². The number of benzene rings is 1. The zero-order valence-corrected chi connectivity index (χ0v) is 11.1. The Morgan fingerprint density at radius 2 is 2.11 bits per heavy atom. The fourth-order valence-electron chi connectivity index (χ4n) is 1.44. The van der Waals surface area contributed by atoms with Crippen LogP contribution in [0.25, 0.3) is 0 Å². The molecule has 0 aromatic heterocycles. The number of nitrogens with one attached hydrogen (secondary N) is 1. The molecule has 0 saturated heterocycles. The summed E-state index contributed by atoms with van der Waals surface area (Å²) in [6.45, 7) is 6.57. The second kappa shape index (κ2) is 6.89. The normalized spacial score (nSPS) is 12.2. The van der Waals surface area contributed by atoms with E-state index in [9.17, 15) is 9.90 Å². The van der Waals surface area contributed by atoms with E-state index >= 15 is 0 Å². The van der Waals surface area contributed by atoms with E-state index in [1.165, 1.54) is 6.07 Å². The Balaban J connectivity index is 2.40. The maximum atomic E-state index is 11.7. The van der Waals surface area contributed by atoms with E-state index in [4.69, 9.17) is 4.74 Å². The number of ether oxygens (including phenoxy) is 1. The molecule has 0 aliphatic rings. The SMILES string of the molecule is CC(C)CCNC(=O)C(C)Oc1cccc(O)c1. The molecular weight excluding hydrogens is 230 g/mol. The van der Waals surface area contributed by atoms with E-state index in [2.05, 4.69) is 19.2 Å². The standard InChI is InChI=1S/C14H21NO3/c1-10(2)7-8-15-14(17)11(3)18-13-6-4-5-12(16)9-13/h4-6,9-11,16H,7-8H2,1-3H3,(H,15,17). The van der Waals surface area contributed by atoms with Gasteiger partial charge in [0.1, 0.15) is 11.5 Å². The molecule has 0 radical (unpaired) electrons. The number of hydrogen-bond acceptors (Lipinski definition) is 3. The average Bonchev–Trinajstić information content (AvgIpc) is 2.28. The van der Waals surface area contributed by atoms with Gasteiger partial charge in [-0.3, -0.25) is 4.79 Å². The second-order valence-electron chi connectivity index (χ2n) is 4.73. The zero-order valence-electron chi connectivity index (χ0n) is 11.1. The van der Waals surface area contributed by atoms with E-state index in [0.29, 0.717) is 18.2 Å². The summed E-state index contributed by atoms with van der Waals surface area (Å²) in [7, 11) is 0. The molecule has 4 nitrogen and oxygen atoms in total. The van der Waals surface area contributed by atoms with Crippen LogP contribution in [0, 0.1) is 5.92 Å². The van der Waals surface area contributed by atoms with Gasteiger partial charge in [-0.15, -0.1) is 0 Å². The van der Waals surface area contributed by atoms with Crippen molar-refractivity contribution in [2.24, 2.45) is 5.92 Å². The number of rotatable bonds is 6. The van der Waals surface area contributed by atoms with Crippen molar-refractivity contribution in [3.05, 3.63) is 24.3 Å². The lowest BCUT2D eigenvalue weighted by atomic mass is 10.1. The van der Waals surface area contributed by atoms with Gasteiger partial charge in [0.05, 0.1) is 0 Å². The third kappa shape index (κ3) is 5.08. The Morgan fingerprint density at radius 1 is 1.39 bits per heavy atom. The molecule has 0 aliphatic heterocycles. The largest absolute Gasteiger partial charge is 0.508 e. The number of phenolic OH excluding ortho intramolecular Hbond substituents is 1. The van der Waals surface area contributed by atoms with Crippen LogP contribution >= 0.6 is 0 Å². The van der Waals surface area contributed by atoms with Gasteiger partial charge in [0.15, 0.2) is 6.10 Å². The minimum atomic E-state index is -0.570. The fourth-order valence-corrected chi connectivity index (χ4v) is 1.44. The number of amides is 1. The molecule has 18 heavy (non-hydrogen) atoms. The summed E-state index contributed by atoms with van der Waals surface area (Å²) in [6.07, 6.45) is 0.379. The molecule has 1 rings (SSSR count). The Morgan fingerprint density at radius 3 is 2.72 bits per heavy atom. The van der Waals surface area contributed by atoms with E-state index in [-0.39, 0.29) is 11.7 Å². The first-order valence-electron chi connectivity index (χ1n) is 6.22. The predicted molar refractivity (Wildman–Crippen MR) is 70.7 cm³/mol. The molecule has 0 aliphatic carbocycles. The molecule has 0 heterocycles. The van der Waals surface area contributed by atoms with Crippen LogP contribution in [0.3, 0.4) is 0 Å². The third-order valence-electron chi connectivity index (χ3n) is 2.52. The monoisotopic (exact) mass is 251 g/mol. The topological polar surface area (TPSA) is 58.6 Å². The van der Waals surface area contributed by atoms with Gasteiger partial charge in [0.2, 0.25) is 0 Å². The van der Waals surface area contributed by atoms with Crippen LogP contribution in [0.15, 0.2) is 24.3 Å². The molecule has 4 heteroatoms. The summed E-state index contributed by atoms with van der Waals surface area (Å²) >= 11 is 0. The highest BCUT2D eigenvalue weighted by Crippen LogP contribution is 2.18. The number of aromatic hydroxyl groups is 1. The molecule has 100 valence electrons. The predicted octanol–water partition coefficient (Wildman–Crippen LogP) is 2.32. The van der Waals surface area contributed by atoms with Crippen LogP contribution in [0.5, 0.6) is 11.5 Å². The molecule has 0 saturated carbocycles. The Bertz CT molecular complexity index is 390. The minimum Gasteiger partial charge on any atom is -0.508 e. The molecule has 2 N–H and O–H groups in total. The van der Waals surface area contributed by atoms with Gasteiger partial charge in [-0.2, -0.15) is 0 Å². The number of carbonyl (C=O) groups excluding carboxylic acids is 1. The van der Waals surface area contributed by atoms with Gasteiger partial charge in [-0.1, -0.05) is 19.9 Å². The smallest absolute Gasteiger partial charge is 0.260 e. The summed E-state index contributed by atoms with van der Waals surface area (Å²) in [4.78, 5) is 11.7. The van der Waals surface area contributed by atoms with Crippen LogP contribution in [-0.4, -0.2) is 23.7 Å². The van der Waals surface area contributed by atoms with Crippen LogP contribution in [0.2, 0.25) is 0 Å². The molecule has 1 atom stereocenters. The summed E-state index contributed by atoms with van der Waals surface area (Å²) < 4.78 is 5.44. The highest BCUT2D eigenvalue weighted by atomic mass is 16.5. The highest BCUT2D eigenvalue weighted by molar-refractivity contribution is 5.80. The average molecular weight is 251 g/mol. The lowest BCUT2D eigenvalue weighted by Gasteiger charge is -2.15. The van der Waals surface area contributed by atoms with Crippen LogP contribution in [0.1, 0.15) is 27.2 Å². The third-order valence-corrected chi connectivity index (χ3v) is 2.52. The van der Waals surface area contributed by atoms with Crippen LogP contribution in [0.4, 0.5) is 0 Å². The first-order chi connectivity index (χ1) is 8.49. The summed E-state index contributed by atoms with van der Waals surface area (Å²) in [5, 5.41) is 12.1. The maximum absolute atomic E-state index is 11.7. The number of carbonyl (C=O) groups is 1. The molecule has 1 aromatic rings. The molecule has 0 fully saturated rings. The second-order valence-corrected chi connectivity index (χ2v) is 4.73. The summed E-state index contributed by atoms with van der Waals surface area (Å²) in [6, 6.07) is 6.42. The quantitative estimate of drug-likeness (QED) is 0.815. The number of phenols is 1. The van der Waals surface area contributed by atoms with Gasteiger partial charge >= 0.3 is 0 Å². The van der Waals surface area contributed by atoms with Crippen molar-refractivity contribution < 1.29 is 14.6 Å². The first-order valence-corrected chi connectivity index (χ1v) is 6.22. The van der Waals surface area contributed by atoms with Crippen molar-refractivity contribution in [3.8, 4) is 11.5 Å². The minimum absolute atomic E-state index is 0.125. The van der Waals surface area contributed by atoms with Crippen molar-refractivity contribution in [1.29, 1.82) is 0 Å². The molecule has 0 spiro atoms. The Hall–Kier alpha value is -1.71. The first kappa shape index (κ1) is 14.4. The van der Waals surface area contributed by atoms with Gasteiger partial charge in [0.25, 0.3) is 5.91 Å². The van der Waals surface area contributed by atoms with E-state index in [1.54, 1.807) is 25.1 Å². The molecule has 0 bridgehead atoms. The van der Waals surface area contributed by atoms with Crippen LogP contribution in [-0.2, 0) is 4.79 Å².